The van der Waals surface area contributed by atoms with Crippen LogP contribution in [0.2, 0.25) is 0 Å². The average Bonchev–Trinajstić information content (AvgIpc) is 2.86. The van der Waals surface area contributed by atoms with Crippen LogP contribution in [0, 0.1) is 0 Å². The van der Waals surface area contributed by atoms with Crippen LogP contribution in [0.25, 0.3) is 0 Å². The molecule has 0 fully saturated rings. The molecule has 2 aromatic rings. The number of nitrogens with zero attached hydrogens (tertiary/aromatic N) is 2. The quantitative estimate of drug-likeness (QED) is 0.810. The molecule has 1 atom stereocenters. The number of ketones is 1. The van der Waals surface area contributed by atoms with Crippen LogP contribution >= 0.6 is 15.9 Å². The van der Waals surface area contributed by atoms with Crippen LogP contribution in [0.4, 0.5) is 11.6 Å². The zero-order valence-electron chi connectivity index (χ0n) is 11.6. The van der Waals surface area contributed by atoms with Gasteiger partial charge in [0.25, 0.3) is 0 Å². The third-order valence-electron chi connectivity index (χ3n) is 3.97. The van der Waals surface area contributed by atoms with Gasteiger partial charge in [-0.1, -0.05) is 28.1 Å². The lowest BCUT2D eigenvalue weighted by atomic mass is 9.87. The van der Waals surface area contributed by atoms with Crippen molar-refractivity contribution < 1.29 is 9.42 Å². The number of benzene rings is 1. The Kier molecular flexibility index (Phi) is 3.22. The van der Waals surface area contributed by atoms with Crippen LogP contribution in [0.5, 0.6) is 0 Å². The van der Waals surface area contributed by atoms with Gasteiger partial charge in [-0.15, -0.1) is 0 Å². The number of allylic oxidation sites excluding steroid dienone is 1. The summed E-state index contributed by atoms with van der Waals surface area (Å²) in [6.45, 7) is 0. The first-order valence-electron chi connectivity index (χ1n) is 7.10. The highest BCUT2D eigenvalue weighted by Gasteiger charge is 2.33. The minimum Gasteiger partial charge on any atom is -0.353 e. The zero-order chi connectivity index (χ0) is 15.1. The van der Waals surface area contributed by atoms with E-state index in [1.807, 2.05) is 24.3 Å². The molecule has 112 valence electrons. The van der Waals surface area contributed by atoms with E-state index in [0.29, 0.717) is 18.1 Å². The van der Waals surface area contributed by atoms with Crippen molar-refractivity contribution in [2.75, 3.05) is 10.6 Å². The van der Waals surface area contributed by atoms with Gasteiger partial charge in [0.15, 0.2) is 5.78 Å². The lowest BCUT2D eigenvalue weighted by Gasteiger charge is -2.25. The van der Waals surface area contributed by atoms with Crippen molar-refractivity contribution in [3.05, 3.63) is 45.6 Å². The van der Waals surface area contributed by atoms with Gasteiger partial charge in [-0.2, -0.15) is 0 Å². The third kappa shape index (κ3) is 2.21. The topological polar surface area (TPSA) is 80.1 Å². The lowest BCUT2D eigenvalue weighted by molar-refractivity contribution is -0.116. The number of halogens is 1. The monoisotopic (exact) mass is 360 g/mol. The number of aromatic nitrogens is 2. The van der Waals surface area contributed by atoms with E-state index in [0.717, 1.165) is 34.1 Å². The highest BCUT2D eigenvalue weighted by atomic mass is 79.9. The molecular formula is C15H13BrN4O2. The Morgan fingerprint density at radius 1 is 1.23 bits per heavy atom. The summed E-state index contributed by atoms with van der Waals surface area (Å²) < 4.78 is 5.76. The maximum atomic E-state index is 12.5. The van der Waals surface area contributed by atoms with Gasteiger partial charge in [-0.05, 0) is 40.9 Å². The number of anilines is 2. The van der Waals surface area contributed by atoms with Crippen LogP contribution in [0.1, 0.15) is 30.9 Å². The first kappa shape index (κ1) is 13.5. The SMILES string of the molecule is O=C1CCCC2=C1C(c1cccc(Br)c1)Nc1nonc1N2. The minimum atomic E-state index is -0.263. The van der Waals surface area contributed by atoms with Crippen LogP contribution in [0.3, 0.4) is 0 Å². The fourth-order valence-corrected chi connectivity index (χ4v) is 3.40. The number of rotatable bonds is 1. The third-order valence-corrected chi connectivity index (χ3v) is 4.46. The molecule has 0 spiro atoms. The number of carbonyl (C=O) groups is 1. The molecule has 6 nitrogen and oxygen atoms in total. The van der Waals surface area contributed by atoms with Gasteiger partial charge in [0.1, 0.15) is 0 Å². The van der Waals surface area contributed by atoms with Gasteiger partial charge >= 0.3 is 0 Å². The van der Waals surface area contributed by atoms with Crippen molar-refractivity contribution in [3.8, 4) is 0 Å². The van der Waals surface area contributed by atoms with E-state index in [1.54, 1.807) is 0 Å². The number of fused-ring (bicyclic) bond motifs is 1. The smallest absolute Gasteiger partial charge is 0.219 e. The second-order valence-corrected chi connectivity index (χ2v) is 6.30. The summed E-state index contributed by atoms with van der Waals surface area (Å²) in [7, 11) is 0. The highest BCUT2D eigenvalue weighted by molar-refractivity contribution is 9.10. The van der Waals surface area contributed by atoms with E-state index in [2.05, 4.69) is 36.9 Å². The van der Waals surface area contributed by atoms with Gasteiger partial charge in [0.05, 0.1) is 6.04 Å². The molecule has 22 heavy (non-hydrogen) atoms. The highest BCUT2D eigenvalue weighted by Crippen LogP contribution is 2.39. The van der Waals surface area contributed by atoms with Gasteiger partial charge < -0.3 is 10.6 Å². The van der Waals surface area contributed by atoms with Crippen LogP contribution < -0.4 is 10.6 Å². The Labute approximate surface area is 135 Å². The molecule has 0 bridgehead atoms. The van der Waals surface area contributed by atoms with E-state index < -0.39 is 0 Å². The molecule has 2 aliphatic rings. The summed E-state index contributed by atoms with van der Waals surface area (Å²) in [5, 5.41) is 14.2. The van der Waals surface area contributed by atoms with E-state index in [1.165, 1.54) is 0 Å². The van der Waals surface area contributed by atoms with Crippen LogP contribution in [-0.2, 0) is 4.79 Å². The Morgan fingerprint density at radius 2 is 2.09 bits per heavy atom. The molecule has 2 heterocycles. The maximum Gasteiger partial charge on any atom is 0.219 e. The molecule has 1 aromatic heterocycles. The Bertz CT molecular complexity index is 783. The fourth-order valence-electron chi connectivity index (χ4n) is 2.98. The molecular weight excluding hydrogens is 348 g/mol. The lowest BCUT2D eigenvalue weighted by Crippen LogP contribution is -2.23. The number of hydrogen-bond donors (Lipinski definition) is 2. The molecule has 0 radical (unpaired) electrons. The second kappa shape index (κ2) is 5.24. The molecule has 1 unspecified atom stereocenters. The Balaban J connectivity index is 1.88. The molecule has 7 heteroatoms. The Morgan fingerprint density at radius 3 is 2.95 bits per heavy atom. The molecule has 2 N–H and O–H groups in total. The predicted molar refractivity (Wildman–Crippen MR) is 84.3 cm³/mol. The van der Waals surface area contributed by atoms with E-state index in [9.17, 15) is 4.79 Å². The average molecular weight is 361 g/mol. The molecule has 1 aliphatic heterocycles. The number of hydrogen-bond acceptors (Lipinski definition) is 6. The van der Waals surface area contributed by atoms with E-state index >= 15 is 0 Å². The summed E-state index contributed by atoms with van der Waals surface area (Å²) >= 11 is 3.48. The molecule has 1 aromatic carbocycles. The standard InChI is InChI=1S/C15H13BrN4O2/c16-9-4-1-3-8(7-9)13-12-10(5-2-6-11(12)21)17-14-15(18-13)20-22-19-14/h1,3-4,7,13H,2,5-6H2,(H,17,19)(H,18,20). The van der Waals surface area contributed by atoms with Crippen LogP contribution in [-0.4, -0.2) is 16.1 Å². The summed E-state index contributed by atoms with van der Waals surface area (Å²) in [6, 6.07) is 7.64. The van der Waals surface area contributed by atoms with Gasteiger partial charge in [-0.25, -0.2) is 4.63 Å². The summed E-state index contributed by atoms with van der Waals surface area (Å²) in [6.07, 6.45) is 2.23. The van der Waals surface area contributed by atoms with Crippen molar-refractivity contribution in [2.45, 2.75) is 25.3 Å². The van der Waals surface area contributed by atoms with Crippen molar-refractivity contribution in [3.63, 3.8) is 0 Å². The first-order valence-corrected chi connectivity index (χ1v) is 7.89. The van der Waals surface area contributed by atoms with Crippen molar-refractivity contribution in [1.29, 1.82) is 0 Å². The largest absolute Gasteiger partial charge is 0.353 e. The number of Topliss-reactive ketones (excluding diaryl/α,β-unsaturated/α-hetero) is 1. The van der Waals surface area contributed by atoms with Gasteiger partial charge in [0, 0.05) is 22.2 Å². The second-order valence-electron chi connectivity index (χ2n) is 5.39. The maximum absolute atomic E-state index is 12.5. The number of nitrogens with one attached hydrogen (secondary N) is 2. The molecule has 1 aliphatic carbocycles. The molecule has 4 rings (SSSR count). The van der Waals surface area contributed by atoms with Gasteiger partial charge in [0.2, 0.25) is 11.6 Å². The summed E-state index contributed by atoms with van der Waals surface area (Å²) in [5.41, 5.74) is 2.67. The van der Waals surface area contributed by atoms with E-state index in [-0.39, 0.29) is 11.8 Å². The zero-order valence-corrected chi connectivity index (χ0v) is 13.2. The molecule has 0 saturated heterocycles. The fraction of sp³-hybridized carbons (Fsp3) is 0.267. The summed E-state index contributed by atoms with van der Waals surface area (Å²) in [5.74, 6) is 1.21. The normalized spacial score (nSPS) is 20.6. The summed E-state index contributed by atoms with van der Waals surface area (Å²) in [4.78, 5) is 12.5. The van der Waals surface area contributed by atoms with Gasteiger partial charge in [-0.3, -0.25) is 4.79 Å². The van der Waals surface area contributed by atoms with Crippen LogP contribution in [0.15, 0.2) is 44.6 Å². The molecule has 0 amide bonds. The van der Waals surface area contributed by atoms with E-state index in [4.69, 9.17) is 4.63 Å². The van der Waals surface area contributed by atoms with Crippen molar-refractivity contribution in [2.24, 2.45) is 0 Å². The predicted octanol–water partition coefficient (Wildman–Crippen LogP) is 3.42. The minimum absolute atomic E-state index is 0.160. The first-order chi connectivity index (χ1) is 10.7. The van der Waals surface area contributed by atoms with Crippen molar-refractivity contribution >= 4 is 33.3 Å². The number of carbonyl (C=O) groups excluding carboxylic acids is 1. The Hall–Kier alpha value is -2.15. The van der Waals surface area contributed by atoms with Crippen molar-refractivity contribution in [1.82, 2.24) is 10.3 Å². The molecule has 0 saturated carbocycles.